The van der Waals surface area contributed by atoms with Crippen LogP contribution < -0.4 is 4.74 Å². The van der Waals surface area contributed by atoms with Crippen molar-refractivity contribution in [2.24, 2.45) is 0 Å². The highest BCUT2D eigenvalue weighted by atomic mass is 16.5. The number of hydrogen-bond acceptors (Lipinski definition) is 4. The highest BCUT2D eigenvalue weighted by Crippen LogP contribution is 2.22. The molecule has 1 atom stereocenters. The number of aromatic nitrogens is 3. The minimum Gasteiger partial charge on any atom is -0.487 e. The molecule has 0 spiro atoms. The van der Waals surface area contributed by atoms with E-state index in [0.29, 0.717) is 19.6 Å². The molecule has 3 aromatic rings. The molecule has 2 heterocycles. The maximum Gasteiger partial charge on any atom is 0.222 e. The predicted molar refractivity (Wildman–Crippen MR) is 106 cm³/mol. The fourth-order valence-electron chi connectivity index (χ4n) is 3.47. The van der Waals surface area contributed by atoms with E-state index in [1.165, 1.54) is 5.56 Å². The number of carbonyl (C=O) groups is 1. The lowest BCUT2D eigenvalue weighted by atomic mass is 10.1. The summed E-state index contributed by atoms with van der Waals surface area (Å²) in [6.07, 6.45) is 4.15. The van der Waals surface area contributed by atoms with Crippen LogP contribution >= 0.6 is 0 Å². The average molecular weight is 376 g/mol. The highest BCUT2D eigenvalue weighted by molar-refractivity contribution is 5.76. The first-order chi connectivity index (χ1) is 13.8. The average Bonchev–Trinajstić information content (AvgIpc) is 3.42. The molecule has 0 bridgehead atoms. The van der Waals surface area contributed by atoms with E-state index in [0.717, 1.165) is 30.8 Å². The van der Waals surface area contributed by atoms with Gasteiger partial charge in [0, 0.05) is 19.5 Å². The van der Waals surface area contributed by atoms with Crippen LogP contribution in [0.25, 0.3) is 0 Å². The van der Waals surface area contributed by atoms with Crippen LogP contribution in [0.4, 0.5) is 0 Å². The maximum absolute atomic E-state index is 12.5. The Hall–Kier alpha value is -3.15. The van der Waals surface area contributed by atoms with Crippen LogP contribution in [-0.4, -0.2) is 38.9 Å². The SMILES string of the molecule is O=C(CCc1ccccc1)N1CCC(n2cc(COc3ccccc3)nn2)C1. The van der Waals surface area contributed by atoms with E-state index in [1.54, 1.807) is 0 Å². The predicted octanol–water partition coefficient (Wildman–Crippen LogP) is 3.26. The molecule has 6 nitrogen and oxygen atoms in total. The van der Waals surface area contributed by atoms with Gasteiger partial charge in [0.2, 0.25) is 5.91 Å². The molecule has 0 N–H and O–H groups in total. The number of ether oxygens (including phenoxy) is 1. The third kappa shape index (κ3) is 4.57. The van der Waals surface area contributed by atoms with Crippen LogP contribution in [-0.2, 0) is 17.8 Å². The zero-order chi connectivity index (χ0) is 19.2. The van der Waals surface area contributed by atoms with E-state index in [1.807, 2.05) is 64.3 Å². The Morgan fingerprint density at radius 3 is 2.61 bits per heavy atom. The first-order valence-electron chi connectivity index (χ1n) is 9.68. The summed E-state index contributed by atoms with van der Waals surface area (Å²) < 4.78 is 7.59. The van der Waals surface area contributed by atoms with Gasteiger partial charge in [-0.3, -0.25) is 4.79 Å². The number of rotatable bonds is 7. The summed E-state index contributed by atoms with van der Waals surface area (Å²) in [5.74, 6) is 1.02. The van der Waals surface area contributed by atoms with E-state index >= 15 is 0 Å². The number of aryl methyl sites for hydroxylation is 1. The molecular formula is C22H24N4O2. The van der Waals surface area contributed by atoms with Gasteiger partial charge < -0.3 is 9.64 Å². The number of benzene rings is 2. The van der Waals surface area contributed by atoms with Crippen LogP contribution in [0, 0.1) is 0 Å². The van der Waals surface area contributed by atoms with E-state index in [4.69, 9.17) is 4.74 Å². The van der Waals surface area contributed by atoms with Crippen LogP contribution in [0.2, 0.25) is 0 Å². The first kappa shape index (κ1) is 18.2. The van der Waals surface area contributed by atoms with E-state index < -0.39 is 0 Å². The number of hydrogen-bond donors (Lipinski definition) is 0. The molecule has 1 aliphatic rings. The molecule has 1 fully saturated rings. The van der Waals surface area contributed by atoms with Crippen LogP contribution in [0.15, 0.2) is 66.9 Å². The maximum atomic E-state index is 12.5. The van der Waals surface area contributed by atoms with Crippen molar-refractivity contribution >= 4 is 5.91 Å². The van der Waals surface area contributed by atoms with Crippen LogP contribution in [0.5, 0.6) is 5.75 Å². The Labute approximate surface area is 164 Å². The molecule has 144 valence electrons. The van der Waals surface area contributed by atoms with Gasteiger partial charge >= 0.3 is 0 Å². The molecule has 0 saturated carbocycles. The fourth-order valence-corrected chi connectivity index (χ4v) is 3.47. The molecular weight excluding hydrogens is 352 g/mol. The summed E-state index contributed by atoms with van der Waals surface area (Å²) >= 11 is 0. The summed E-state index contributed by atoms with van der Waals surface area (Å²) in [5, 5.41) is 8.45. The van der Waals surface area contributed by atoms with Gasteiger partial charge in [-0.25, -0.2) is 4.68 Å². The monoisotopic (exact) mass is 376 g/mol. The Morgan fingerprint density at radius 2 is 1.82 bits per heavy atom. The van der Waals surface area contributed by atoms with Crippen LogP contribution in [0.1, 0.15) is 30.1 Å². The van der Waals surface area contributed by atoms with Gasteiger partial charge in [-0.05, 0) is 30.5 Å². The topological polar surface area (TPSA) is 60.2 Å². The summed E-state index contributed by atoms with van der Waals surface area (Å²) in [4.78, 5) is 14.5. The van der Waals surface area contributed by atoms with Gasteiger partial charge in [0.1, 0.15) is 18.1 Å². The second kappa shape index (κ2) is 8.69. The number of amides is 1. The quantitative estimate of drug-likeness (QED) is 0.635. The van der Waals surface area contributed by atoms with E-state index in [2.05, 4.69) is 22.4 Å². The van der Waals surface area contributed by atoms with Gasteiger partial charge in [0.25, 0.3) is 0 Å². The third-order valence-electron chi connectivity index (χ3n) is 5.05. The molecule has 28 heavy (non-hydrogen) atoms. The molecule has 1 amide bonds. The lowest BCUT2D eigenvalue weighted by molar-refractivity contribution is -0.130. The Kier molecular flexibility index (Phi) is 5.66. The van der Waals surface area contributed by atoms with Crippen molar-refractivity contribution in [3.8, 4) is 5.75 Å². The molecule has 1 saturated heterocycles. The first-order valence-corrected chi connectivity index (χ1v) is 9.68. The zero-order valence-corrected chi connectivity index (χ0v) is 15.8. The van der Waals surface area contributed by atoms with Crippen molar-refractivity contribution in [1.82, 2.24) is 19.9 Å². The Bertz CT molecular complexity index is 895. The van der Waals surface area contributed by atoms with E-state index in [-0.39, 0.29) is 11.9 Å². The zero-order valence-electron chi connectivity index (χ0n) is 15.8. The van der Waals surface area contributed by atoms with Gasteiger partial charge in [0.15, 0.2) is 0 Å². The Morgan fingerprint density at radius 1 is 1.07 bits per heavy atom. The normalized spacial score (nSPS) is 16.3. The minimum absolute atomic E-state index is 0.179. The largest absolute Gasteiger partial charge is 0.487 e. The molecule has 1 unspecified atom stereocenters. The molecule has 4 rings (SSSR count). The van der Waals surface area contributed by atoms with Crippen molar-refractivity contribution < 1.29 is 9.53 Å². The molecule has 0 radical (unpaired) electrons. The lowest BCUT2D eigenvalue weighted by Gasteiger charge is -2.16. The van der Waals surface area contributed by atoms with E-state index in [9.17, 15) is 4.79 Å². The minimum atomic E-state index is 0.179. The summed E-state index contributed by atoms with van der Waals surface area (Å²) in [6.45, 7) is 1.85. The molecule has 0 aliphatic carbocycles. The smallest absolute Gasteiger partial charge is 0.222 e. The van der Waals surface area contributed by atoms with Crippen LogP contribution in [0.3, 0.4) is 0 Å². The Balaban J connectivity index is 1.27. The van der Waals surface area contributed by atoms with Crippen molar-refractivity contribution in [1.29, 1.82) is 0 Å². The molecule has 1 aliphatic heterocycles. The summed E-state index contributed by atoms with van der Waals surface area (Å²) in [5.41, 5.74) is 1.99. The van der Waals surface area contributed by atoms with Gasteiger partial charge in [-0.1, -0.05) is 53.7 Å². The van der Waals surface area contributed by atoms with Gasteiger partial charge in [-0.15, -0.1) is 5.10 Å². The molecule has 1 aromatic heterocycles. The van der Waals surface area contributed by atoms with Gasteiger partial charge in [0.05, 0.1) is 12.2 Å². The van der Waals surface area contributed by atoms with Gasteiger partial charge in [-0.2, -0.15) is 0 Å². The summed E-state index contributed by atoms with van der Waals surface area (Å²) in [6, 6.07) is 20.0. The second-order valence-electron chi connectivity index (χ2n) is 7.06. The highest BCUT2D eigenvalue weighted by Gasteiger charge is 2.28. The van der Waals surface area contributed by atoms with Crippen molar-refractivity contribution in [3.05, 3.63) is 78.1 Å². The number of likely N-dealkylation sites (tertiary alicyclic amines) is 1. The molecule has 6 heteroatoms. The lowest BCUT2D eigenvalue weighted by Crippen LogP contribution is -2.29. The number of nitrogens with zero attached hydrogens (tertiary/aromatic N) is 4. The third-order valence-corrected chi connectivity index (χ3v) is 5.05. The van der Waals surface area contributed by atoms with Crippen molar-refractivity contribution in [2.45, 2.75) is 31.9 Å². The standard InChI is InChI=1S/C22H24N4O2/c27-22(12-11-18-7-3-1-4-8-18)25-14-13-20(16-25)26-15-19(23-24-26)17-28-21-9-5-2-6-10-21/h1-10,15,20H,11-14,16-17H2. The molecule has 2 aromatic carbocycles. The van der Waals surface area contributed by atoms with Crippen molar-refractivity contribution in [3.63, 3.8) is 0 Å². The summed E-state index contributed by atoms with van der Waals surface area (Å²) in [7, 11) is 0. The number of carbonyl (C=O) groups excluding carboxylic acids is 1. The second-order valence-corrected chi connectivity index (χ2v) is 7.06. The van der Waals surface area contributed by atoms with Crippen molar-refractivity contribution in [2.75, 3.05) is 13.1 Å². The fraction of sp³-hybridized carbons (Fsp3) is 0.318. The number of para-hydroxylation sites is 1.